The highest BCUT2D eigenvalue weighted by Gasteiger charge is 2.23. The molecular formula is C21H24ClN5O2. The minimum absolute atomic E-state index is 0.0442. The number of hydrogen-bond acceptors (Lipinski definition) is 4. The second-order valence-corrected chi connectivity index (χ2v) is 7.44. The van der Waals surface area contributed by atoms with Gasteiger partial charge < -0.3 is 10.2 Å². The Hall–Kier alpha value is -2.93. The molecule has 152 valence electrons. The van der Waals surface area contributed by atoms with Crippen LogP contribution in [0.5, 0.6) is 0 Å². The molecule has 8 heteroatoms. The molecule has 0 aliphatic heterocycles. The van der Waals surface area contributed by atoms with Crippen LogP contribution in [-0.2, 0) is 11.8 Å². The predicted molar refractivity (Wildman–Crippen MR) is 114 cm³/mol. The number of aryl methyl sites for hydroxylation is 3. The summed E-state index contributed by atoms with van der Waals surface area (Å²) in [5, 5.41) is 8.52. The number of halogens is 1. The molecule has 0 bridgehead atoms. The van der Waals surface area contributed by atoms with Crippen LogP contribution < -0.4 is 5.32 Å². The summed E-state index contributed by atoms with van der Waals surface area (Å²) in [6.45, 7) is 6.09. The second kappa shape index (κ2) is 8.61. The summed E-state index contributed by atoms with van der Waals surface area (Å²) in [5.74, 6) is -0.469. The lowest BCUT2D eigenvalue weighted by Crippen LogP contribution is -2.38. The molecule has 3 rings (SSSR count). The fourth-order valence-corrected chi connectivity index (χ4v) is 3.46. The highest BCUT2D eigenvalue weighted by molar-refractivity contribution is 6.30. The highest BCUT2D eigenvalue weighted by atomic mass is 35.5. The lowest BCUT2D eigenvalue weighted by atomic mass is 10.1. The van der Waals surface area contributed by atoms with Crippen LogP contribution in [0.25, 0.3) is 11.0 Å². The van der Waals surface area contributed by atoms with Gasteiger partial charge in [-0.25, -0.2) is 4.98 Å². The van der Waals surface area contributed by atoms with E-state index in [2.05, 4.69) is 15.4 Å². The van der Waals surface area contributed by atoms with Crippen molar-refractivity contribution in [1.82, 2.24) is 19.7 Å². The van der Waals surface area contributed by atoms with Crippen molar-refractivity contribution < 1.29 is 9.59 Å². The van der Waals surface area contributed by atoms with Crippen molar-refractivity contribution in [2.45, 2.75) is 27.2 Å². The predicted octanol–water partition coefficient (Wildman–Crippen LogP) is 3.73. The van der Waals surface area contributed by atoms with Crippen molar-refractivity contribution >= 4 is 40.1 Å². The van der Waals surface area contributed by atoms with Crippen LogP contribution >= 0.6 is 11.6 Å². The quantitative estimate of drug-likeness (QED) is 0.667. The number of pyridine rings is 1. The average molecular weight is 414 g/mol. The van der Waals surface area contributed by atoms with Gasteiger partial charge in [0.15, 0.2) is 5.65 Å². The van der Waals surface area contributed by atoms with E-state index in [1.54, 1.807) is 47.0 Å². The fraction of sp³-hybridized carbons (Fsp3) is 0.333. The van der Waals surface area contributed by atoms with E-state index in [0.717, 1.165) is 23.2 Å². The number of hydrogen-bond donors (Lipinski definition) is 1. The molecule has 1 N–H and O–H groups in total. The molecule has 0 spiro atoms. The van der Waals surface area contributed by atoms with Gasteiger partial charge in [0.05, 0.1) is 16.6 Å². The lowest BCUT2D eigenvalue weighted by Gasteiger charge is -2.22. The normalized spacial score (nSPS) is 10.9. The molecule has 0 aliphatic carbocycles. The first-order valence-electron chi connectivity index (χ1n) is 9.45. The Kier molecular flexibility index (Phi) is 6.17. The number of anilines is 1. The summed E-state index contributed by atoms with van der Waals surface area (Å²) in [7, 11) is 1.80. The van der Waals surface area contributed by atoms with Crippen molar-refractivity contribution in [2.75, 3.05) is 18.4 Å². The number of fused-ring (bicyclic) bond motifs is 1. The largest absolute Gasteiger partial charge is 0.329 e. The molecule has 0 radical (unpaired) electrons. The number of nitrogens with zero attached hydrogens (tertiary/aromatic N) is 4. The SMILES string of the molecule is CCCN(CC(=O)Nc1ccc(Cl)cc1)C(=O)c1cc(C)nc2c1c(C)nn2C. The van der Waals surface area contributed by atoms with E-state index in [-0.39, 0.29) is 18.4 Å². The Bertz CT molecular complexity index is 1060. The van der Waals surface area contributed by atoms with E-state index in [1.807, 2.05) is 20.8 Å². The number of aromatic nitrogens is 3. The summed E-state index contributed by atoms with van der Waals surface area (Å²) in [5.41, 5.74) is 3.28. The molecule has 1 aromatic carbocycles. The third-order valence-corrected chi connectivity index (χ3v) is 4.82. The lowest BCUT2D eigenvalue weighted by molar-refractivity contribution is -0.116. The number of carbonyl (C=O) groups is 2. The third-order valence-electron chi connectivity index (χ3n) is 4.57. The molecular weight excluding hydrogens is 390 g/mol. The fourth-order valence-electron chi connectivity index (χ4n) is 3.34. The number of nitrogens with one attached hydrogen (secondary N) is 1. The minimum Gasteiger partial charge on any atom is -0.329 e. The molecule has 7 nitrogen and oxygen atoms in total. The Morgan fingerprint density at radius 1 is 1.21 bits per heavy atom. The van der Waals surface area contributed by atoms with Gasteiger partial charge in [-0.1, -0.05) is 18.5 Å². The molecule has 0 saturated heterocycles. The van der Waals surface area contributed by atoms with Crippen molar-refractivity contribution in [3.63, 3.8) is 0 Å². The van der Waals surface area contributed by atoms with Crippen LogP contribution in [0.15, 0.2) is 30.3 Å². The molecule has 3 aromatic rings. The van der Waals surface area contributed by atoms with Gasteiger partial charge in [0.25, 0.3) is 5.91 Å². The van der Waals surface area contributed by atoms with Gasteiger partial charge in [-0.2, -0.15) is 5.10 Å². The summed E-state index contributed by atoms with van der Waals surface area (Å²) in [4.78, 5) is 32.0. The zero-order valence-corrected chi connectivity index (χ0v) is 17.7. The van der Waals surface area contributed by atoms with Crippen LogP contribution in [0.4, 0.5) is 5.69 Å². The Morgan fingerprint density at radius 2 is 1.90 bits per heavy atom. The molecule has 2 aromatic heterocycles. The topological polar surface area (TPSA) is 80.1 Å². The maximum Gasteiger partial charge on any atom is 0.255 e. The van der Waals surface area contributed by atoms with E-state index in [0.29, 0.717) is 28.5 Å². The zero-order chi connectivity index (χ0) is 21.1. The molecule has 0 aliphatic rings. The van der Waals surface area contributed by atoms with Crippen LogP contribution in [0.1, 0.15) is 35.1 Å². The molecule has 0 fully saturated rings. The smallest absolute Gasteiger partial charge is 0.255 e. The number of amides is 2. The van der Waals surface area contributed by atoms with Crippen LogP contribution in [0.3, 0.4) is 0 Å². The highest BCUT2D eigenvalue weighted by Crippen LogP contribution is 2.23. The maximum absolute atomic E-state index is 13.4. The van der Waals surface area contributed by atoms with Gasteiger partial charge in [0.2, 0.25) is 5.91 Å². The van der Waals surface area contributed by atoms with Crippen LogP contribution in [-0.4, -0.2) is 44.6 Å². The van der Waals surface area contributed by atoms with E-state index in [1.165, 1.54) is 0 Å². The molecule has 2 amide bonds. The first kappa shape index (κ1) is 20.8. The molecule has 2 heterocycles. The number of benzene rings is 1. The van der Waals surface area contributed by atoms with Gasteiger partial charge in [-0.05, 0) is 50.6 Å². The van der Waals surface area contributed by atoms with Crippen molar-refractivity contribution in [2.24, 2.45) is 7.05 Å². The van der Waals surface area contributed by atoms with Crippen molar-refractivity contribution in [1.29, 1.82) is 0 Å². The second-order valence-electron chi connectivity index (χ2n) is 7.00. The van der Waals surface area contributed by atoms with Crippen molar-refractivity contribution in [3.8, 4) is 0 Å². The summed E-state index contributed by atoms with van der Waals surface area (Å²) in [6.07, 6.45) is 0.735. The monoisotopic (exact) mass is 413 g/mol. The summed E-state index contributed by atoms with van der Waals surface area (Å²) >= 11 is 5.88. The summed E-state index contributed by atoms with van der Waals surface area (Å²) < 4.78 is 1.67. The van der Waals surface area contributed by atoms with Gasteiger partial charge >= 0.3 is 0 Å². The number of carbonyl (C=O) groups excluding carboxylic acids is 2. The van der Waals surface area contributed by atoms with Crippen LogP contribution in [0, 0.1) is 13.8 Å². The Balaban J connectivity index is 1.87. The maximum atomic E-state index is 13.4. The molecule has 29 heavy (non-hydrogen) atoms. The summed E-state index contributed by atoms with van der Waals surface area (Å²) in [6, 6.07) is 8.61. The van der Waals surface area contributed by atoms with Gasteiger partial charge in [0.1, 0.15) is 6.54 Å². The number of rotatable bonds is 6. The first-order valence-corrected chi connectivity index (χ1v) is 9.83. The van der Waals surface area contributed by atoms with Crippen molar-refractivity contribution in [3.05, 3.63) is 52.3 Å². The average Bonchev–Trinajstić information content (AvgIpc) is 2.95. The van der Waals surface area contributed by atoms with Gasteiger partial charge in [-0.15, -0.1) is 0 Å². The third kappa shape index (κ3) is 4.56. The molecule has 0 saturated carbocycles. The minimum atomic E-state index is -0.265. The van der Waals surface area contributed by atoms with Gasteiger partial charge in [-0.3, -0.25) is 14.3 Å². The first-order chi connectivity index (χ1) is 13.8. The van der Waals surface area contributed by atoms with Gasteiger partial charge in [0, 0.05) is 30.0 Å². The van der Waals surface area contributed by atoms with E-state index in [9.17, 15) is 9.59 Å². The Morgan fingerprint density at radius 3 is 2.55 bits per heavy atom. The van der Waals surface area contributed by atoms with Crippen LogP contribution in [0.2, 0.25) is 5.02 Å². The standard InChI is InChI=1S/C21H24ClN5O2/c1-5-10-27(12-18(28)24-16-8-6-15(22)7-9-16)21(29)17-11-13(2)23-20-19(17)14(3)25-26(20)4/h6-9,11H,5,10,12H2,1-4H3,(H,24,28). The van der Waals surface area contributed by atoms with E-state index >= 15 is 0 Å². The zero-order valence-electron chi connectivity index (χ0n) is 17.0. The molecule has 0 unspecified atom stereocenters. The molecule has 0 atom stereocenters. The van der Waals surface area contributed by atoms with E-state index < -0.39 is 0 Å². The Labute approximate surface area is 174 Å². The van der Waals surface area contributed by atoms with E-state index in [4.69, 9.17) is 11.6 Å².